The zero-order valence-electron chi connectivity index (χ0n) is 19.2. The second-order valence-corrected chi connectivity index (χ2v) is 8.04. The summed E-state index contributed by atoms with van der Waals surface area (Å²) in [6.07, 6.45) is -6.49. The first kappa shape index (κ1) is 28.8. The summed E-state index contributed by atoms with van der Waals surface area (Å²) in [6, 6.07) is 2.99. The number of ketones is 1. The molecule has 2 atom stereocenters. The number of benzene rings is 1. The summed E-state index contributed by atoms with van der Waals surface area (Å²) in [5.74, 6) is -7.70. The van der Waals surface area contributed by atoms with Crippen molar-refractivity contribution in [3.8, 4) is 0 Å². The molecule has 15 heteroatoms. The number of carbonyl (C=O) groups is 4. The van der Waals surface area contributed by atoms with Gasteiger partial charge in [0.25, 0.3) is 11.5 Å². The standard InChI is InChI=1S/C22H24F3N5O7/c23-22(24,25)16(33)12(2-1-3-13-17(26)29-21(27)30-19(13)35)10-4-6-11(7-5-10)18(34)28-14(20(36)37)8-9-15(31)32/h4-7,12,14H,1-3,8-9H2,(H,28,34)(H,31,32)(H,36,37)(H5,26,27,29,30,35)/t12?,14-/m1/s1. The second kappa shape index (κ2) is 12.0. The van der Waals surface area contributed by atoms with Crippen LogP contribution in [0.3, 0.4) is 0 Å². The summed E-state index contributed by atoms with van der Waals surface area (Å²) in [4.78, 5) is 64.3. The van der Waals surface area contributed by atoms with E-state index < -0.39 is 53.7 Å². The summed E-state index contributed by atoms with van der Waals surface area (Å²) >= 11 is 0. The van der Waals surface area contributed by atoms with Crippen LogP contribution in [0, 0.1) is 0 Å². The first-order valence-electron chi connectivity index (χ1n) is 10.8. The fourth-order valence-corrected chi connectivity index (χ4v) is 3.54. The molecule has 1 aromatic carbocycles. The summed E-state index contributed by atoms with van der Waals surface area (Å²) < 4.78 is 39.8. The van der Waals surface area contributed by atoms with Gasteiger partial charge in [-0.2, -0.15) is 18.2 Å². The van der Waals surface area contributed by atoms with Crippen molar-refractivity contribution in [1.29, 1.82) is 0 Å². The summed E-state index contributed by atoms with van der Waals surface area (Å²) in [6.45, 7) is 0. The highest BCUT2D eigenvalue weighted by Crippen LogP contribution is 2.32. The Kier molecular flexibility index (Phi) is 9.35. The summed E-state index contributed by atoms with van der Waals surface area (Å²) in [7, 11) is 0. The number of nitrogens with one attached hydrogen (secondary N) is 2. The molecule has 0 aliphatic rings. The number of carboxylic acid groups (broad SMARTS) is 2. The van der Waals surface area contributed by atoms with Gasteiger partial charge >= 0.3 is 18.1 Å². The molecule has 8 N–H and O–H groups in total. The van der Waals surface area contributed by atoms with Crippen molar-refractivity contribution >= 4 is 35.4 Å². The van der Waals surface area contributed by atoms with Gasteiger partial charge in [0.1, 0.15) is 11.9 Å². The first-order chi connectivity index (χ1) is 17.2. The number of aliphatic carboxylic acids is 2. The monoisotopic (exact) mass is 527 g/mol. The Bertz CT molecular complexity index is 1230. The van der Waals surface area contributed by atoms with Crippen LogP contribution in [0.5, 0.6) is 0 Å². The van der Waals surface area contributed by atoms with Gasteiger partial charge in [0, 0.05) is 12.0 Å². The molecule has 0 bridgehead atoms. The largest absolute Gasteiger partial charge is 0.481 e. The number of anilines is 2. The third kappa shape index (κ3) is 8.05. The molecule has 37 heavy (non-hydrogen) atoms. The van der Waals surface area contributed by atoms with Gasteiger partial charge in [-0.1, -0.05) is 12.1 Å². The summed E-state index contributed by atoms with van der Waals surface area (Å²) in [5.41, 5.74) is 10.2. The zero-order chi connectivity index (χ0) is 27.9. The van der Waals surface area contributed by atoms with Crippen LogP contribution in [0.25, 0.3) is 0 Å². The van der Waals surface area contributed by atoms with Crippen molar-refractivity contribution in [1.82, 2.24) is 15.3 Å². The van der Waals surface area contributed by atoms with Gasteiger partial charge in [0.2, 0.25) is 11.7 Å². The lowest BCUT2D eigenvalue weighted by atomic mass is 9.88. The molecule has 0 radical (unpaired) electrons. The van der Waals surface area contributed by atoms with Crippen molar-refractivity contribution in [2.45, 2.75) is 50.2 Å². The number of aromatic nitrogens is 2. The molecule has 1 aromatic heterocycles. The minimum atomic E-state index is -5.15. The van der Waals surface area contributed by atoms with E-state index in [2.05, 4.69) is 15.3 Å². The molecule has 0 saturated carbocycles. The van der Waals surface area contributed by atoms with Crippen LogP contribution in [0.1, 0.15) is 53.1 Å². The molecule has 2 rings (SSSR count). The van der Waals surface area contributed by atoms with Crippen LogP contribution >= 0.6 is 0 Å². The Labute approximate surface area is 206 Å². The molecular formula is C22H24F3N5O7. The number of nitrogen functional groups attached to an aromatic ring is 2. The molecule has 0 spiro atoms. The topological polar surface area (TPSA) is 219 Å². The lowest BCUT2D eigenvalue weighted by molar-refractivity contribution is -0.173. The number of nitrogens with two attached hydrogens (primary N) is 2. The number of alkyl halides is 3. The van der Waals surface area contributed by atoms with E-state index in [1.807, 2.05) is 0 Å². The minimum absolute atomic E-state index is 0.00955. The van der Waals surface area contributed by atoms with Crippen molar-refractivity contribution in [3.63, 3.8) is 0 Å². The number of aromatic amines is 1. The second-order valence-electron chi connectivity index (χ2n) is 8.04. The molecule has 1 unspecified atom stereocenters. The van der Waals surface area contributed by atoms with E-state index in [1.165, 1.54) is 0 Å². The van der Waals surface area contributed by atoms with Crippen molar-refractivity contribution in [2.75, 3.05) is 11.5 Å². The fourth-order valence-electron chi connectivity index (χ4n) is 3.54. The highest BCUT2D eigenvalue weighted by Gasteiger charge is 2.43. The first-order valence-corrected chi connectivity index (χ1v) is 10.8. The maximum absolute atomic E-state index is 13.3. The normalized spacial score (nSPS) is 12.9. The Morgan fingerprint density at radius 3 is 2.19 bits per heavy atom. The van der Waals surface area contributed by atoms with E-state index in [1.54, 1.807) is 0 Å². The molecule has 12 nitrogen and oxygen atoms in total. The number of rotatable bonds is 12. The minimum Gasteiger partial charge on any atom is -0.481 e. The predicted octanol–water partition coefficient (Wildman–Crippen LogP) is 1.22. The number of hydrogen-bond donors (Lipinski definition) is 6. The zero-order valence-corrected chi connectivity index (χ0v) is 19.2. The maximum Gasteiger partial charge on any atom is 0.450 e. The molecule has 1 amide bonds. The third-order valence-electron chi connectivity index (χ3n) is 5.41. The van der Waals surface area contributed by atoms with E-state index >= 15 is 0 Å². The van der Waals surface area contributed by atoms with E-state index in [9.17, 15) is 37.1 Å². The van der Waals surface area contributed by atoms with E-state index in [4.69, 9.17) is 21.7 Å². The lowest BCUT2D eigenvalue weighted by Gasteiger charge is -2.19. The Morgan fingerprint density at radius 2 is 1.68 bits per heavy atom. The number of carboxylic acids is 2. The average molecular weight is 527 g/mol. The quantitative estimate of drug-likeness (QED) is 0.232. The van der Waals surface area contributed by atoms with Gasteiger partial charge in [-0.05, 0) is 43.4 Å². The molecule has 0 fully saturated rings. The van der Waals surface area contributed by atoms with Gasteiger partial charge in [0.05, 0.1) is 11.5 Å². The third-order valence-corrected chi connectivity index (χ3v) is 5.41. The molecule has 2 aromatic rings. The van der Waals surface area contributed by atoms with Crippen LogP contribution < -0.4 is 22.3 Å². The molecule has 200 valence electrons. The predicted molar refractivity (Wildman–Crippen MR) is 123 cm³/mol. The highest BCUT2D eigenvalue weighted by molar-refractivity contribution is 5.97. The number of nitrogens with zero attached hydrogens (tertiary/aromatic N) is 1. The van der Waals surface area contributed by atoms with Crippen LogP contribution in [0.4, 0.5) is 24.9 Å². The average Bonchev–Trinajstić information content (AvgIpc) is 2.79. The number of Topliss-reactive ketones (excluding diaryl/α,β-unsaturated/α-hetero) is 1. The Balaban J connectivity index is 2.19. The van der Waals surface area contributed by atoms with Gasteiger partial charge in [-0.15, -0.1) is 0 Å². The van der Waals surface area contributed by atoms with Gasteiger partial charge in [0.15, 0.2) is 0 Å². The summed E-state index contributed by atoms with van der Waals surface area (Å²) in [5, 5.41) is 20.0. The highest BCUT2D eigenvalue weighted by atomic mass is 19.4. The van der Waals surface area contributed by atoms with Crippen molar-refractivity contribution in [3.05, 3.63) is 51.3 Å². The van der Waals surface area contributed by atoms with Crippen LogP contribution in [-0.4, -0.2) is 56.0 Å². The fraction of sp³-hybridized carbons (Fsp3) is 0.364. The van der Waals surface area contributed by atoms with Crippen LogP contribution in [0.15, 0.2) is 29.1 Å². The number of halogens is 3. The molecule has 0 aliphatic heterocycles. The van der Waals surface area contributed by atoms with E-state index in [0.717, 1.165) is 24.3 Å². The van der Waals surface area contributed by atoms with Crippen molar-refractivity contribution in [2.24, 2.45) is 0 Å². The van der Waals surface area contributed by atoms with Gasteiger partial charge in [-0.25, -0.2) is 4.79 Å². The number of hydrogen-bond acceptors (Lipinski definition) is 8. The van der Waals surface area contributed by atoms with E-state index in [0.29, 0.717) is 0 Å². The molecular weight excluding hydrogens is 503 g/mol. The van der Waals surface area contributed by atoms with Crippen LogP contribution in [-0.2, 0) is 20.8 Å². The molecule has 0 saturated heterocycles. The van der Waals surface area contributed by atoms with Gasteiger partial charge in [-0.3, -0.25) is 24.2 Å². The Morgan fingerprint density at radius 1 is 1.05 bits per heavy atom. The number of carbonyl (C=O) groups excluding carboxylic acids is 2. The van der Waals surface area contributed by atoms with Crippen molar-refractivity contribution < 1.29 is 42.6 Å². The van der Waals surface area contributed by atoms with E-state index in [-0.39, 0.29) is 54.1 Å². The molecule has 1 heterocycles. The van der Waals surface area contributed by atoms with Crippen LogP contribution in [0.2, 0.25) is 0 Å². The number of amides is 1. The molecule has 0 aliphatic carbocycles. The van der Waals surface area contributed by atoms with Gasteiger partial charge < -0.3 is 27.0 Å². The SMILES string of the molecule is Nc1nc(N)c(CCCC(C(=O)C(F)(F)F)c2ccc(C(=O)N[C@H](CCC(=O)O)C(=O)O)cc2)c(=O)[nH]1. The number of H-pyrrole nitrogens is 1. The Hall–Kier alpha value is -4.43. The lowest BCUT2D eigenvalue weighted by Crippen LogP contribution is -2.41. The smallest absolute Gasteiger partial charge is 0.450 e. The maximum atomic E-state index is 13.3.